The van der Waals surface area contributed by atoms with Gasteiger partial charge in [-0.15, -0.1) is 11.3 Å². The number of amides is 1. The quantitative estimate of drug-likeness (QED) is 0.295. The van der Waals surface area contributed by atoms with Gasteiger partial charge in [0.2, 0.25) is 10.0 Å². The van der Waals surface area contributed by atoms with Gasteiger partial charge in [-0.25, -0.2) is 13.4 Å². The molecule has 2 aromatic carbocycles. The van der Waals surface area contributed by atoms with Gasteiger partial charge in [-0.1, -0.05) is 49.6 Å². The zero-order valence-corrected chi connectivity index (χ0v) is 23.6. The molecule has 1 amide bonds. The first kappa shape index (κ1) is 29.4. The molecule has 1 aliphatic carbocycles. The third-order valence-electron chi connectivity index (χ3n) is 6.86. The summed E-state index contributed by atoms with van der Waals surface area (Å²) < 4.78 is 67.0. The van der Waals surface area contributed by atoms with E-state index in [0.717, 1.165) is 36.8 Å². The second kappa shape index (κ2) is 11.1. The third-order valence-corrected chi connectivity index (χ3v) is 9.59. The minimum atomic E-state index is -4.73. The SMILES string of the molecule is CC(NS(=O)(=O)c1ccc(-c2sc(C(=O)NCCC(C)(C)O)nc2CC2CCC2)c2ccccc12)C(F)(F)F. The fraction of sp³-hybridized carbons (Fsp3) is 0.481. The van der Waals surface area contributed by atoms with Gasteiger partial charge in [0.15, 0.2) is 5.01 Å². The van der Waals surface area contributed by atoms with Crippen molar-refractivity contribution in [3.63, 3.8) is 0 Å². The van der Waals surface area contributed by atoms with Crippen molar-refractivity contribution in [2.75, 3.05) is 6.54 Å². The molecule has 12 heteroatoms. The number of carbonyl (C=O) groups is 1. The first-order valence-corrected chi connectivity index (χ1v) is 15.1. The summed E-state index contributed by atoms with van der Waals surface area (Å²) in [5, 5.41) is 13.8. The number of nitrogens with zero attached hydrogens (tertiary/aromatic N) is 1. The Morgan fingerprint density at radius 2 is 1.82 bits per heavy atom. The van der Waals surface area contributed by atoms with Crippen LogP contribution in [-0.2, 0) is 16.4 Å². The number of hydrogen-bond donors (Lipinski definition) is 3. The molecule has 1 aliphatic rings. The van der Waals surface area contributed by atoms with E-state index < -0.39 is 27.8 Å². The van der Waals surface area contributed by atoms with E-state index in [2.05, 4.69) is 10.3 Å². The molecule has 0 spiro atoms. The highest BCUT2D eigenvalue weighted by atomic mass is 32.2. The maximum atomic E-state index is 13.1. The second-order valence-corrected chi connectivity index (χ2v) is 13.3. The molecule has 1 unspecified atom stereocenters. The molecule has 0 aliphatic heterocycles. The monoisotopic (exact) mass is 583 g/mol. The lowest BCUT2D eigenvalue weighted by molar-refractivity contribution is -0.147. The number of thiazole rings is 1. The van der Waals surface area contributed by atoms with E-state index in [9.17, 15) is 31.5 Å². The average Bonchev–Trinajstić information content (AvgIpc) is 3.22. The van der Waals surface area contributed by atoms with Crippen LogP contribution < -0.4 is 10.0 Å². The molecular formula is C27H32F3N3O4S2. The highest BCUT2D eigenvalue weighted by Gasteiger charge is 2.39. The van der Waals surface area contributed by atoms with E-state index in [1.54, 1.807) is 48.9 Å². The summed E-state index contributed by atoms with van der Waals surface area (Å²) in [6.07, 6.45) is -0.440. The number of hydrogen-bond acceptors (Lipinski definition) is 6. The molecule has 1 saturated carbocycles. The van der Waals surface area contributed by atoms with Gasteiger partial charge in [0.1, 0.15) is 6.04 Å². The van der Waals surface area contributed by atoms with E-state index >= 15 is 0 Å². The van der Waals surface area contributed by atoms with Crippen molar-refractivity contribution >= 4 is 38.0 Å². The van der Waals surface area contributed by atoms with Gasteiger partial charge in [-0.2, -0.15) is 17.9 Å². The van der Waals surface area contributed by atoms with Crippen LogP contribution >= 0.6 is 11.3 Å². The van der Waals surface area contributed by atoms with Crippen LogP contribution in [0.1, 0.15) is 62.0 Å². The van der Waals surface area contributed by atoms with E-state index in [1.165, 1.54) is 17.4 Å². The van der Waals surface area contributed by atoms with Gasteiger partial charge in [0.25, 0.3) is 5.91 Å². The topological polar surface area (TPSA) is 108 Å². The Labute approximate surface area is 229 Å². The van der Waals surface area contributed by atoms with Crippen LogP contribution in [0.5, 0.6) is 0 Å². The summed E-state index contributed by atoms with van der Waals surface area (Å²) in [7, 11) is -4.49. The van der Waals surface area contributed by atoms with Gasteiger partial charge in [0.05, 0.1) is 21.1 Å². The second-order valence-electron chi connectivity index (χ2n) is 10.7. The summed E-state index contributed by atoms with van der Waals surface area (Å²) >= 11 is 1.20. The lowest BCUT2D eigenvalue weighted by Crippen LogP contribution is -2.43. The van der Waals surface area contributed by atoms with Crippen molar-refractivity contribution in [2.24, 2.45) is 5.92 Å². The van der Waals surface area contributed by atoms with Crippen molar-refractivity contribution in [3.8, 4) is 10.4 Å². The molecule has 1 fully saturated rings. The standard InChI is InChI=1S/C27H32F3N3O4S2/c1-16(27(28,29)30)33-39(36,37)22-12-11-20(18-9-4-5-10-19(18)22)23-21(15-17-7-6-8-17)32-25(38-23)24(34)31-14-13-26(2,3)35/h4-5,9-12,16-17,33,35H,6-8,13-15H2,1-3H3,(H,31,34). The first-order chi connectivity index (χ1) is 18.2. The van der Waals surface area contributed by atoms with Crippen LogP contribution in [0, 0.1) is 5.92 Å². The molecule has 3 aromatic rings. The maximum Gasteiger partial charge on any atom is 0.404 e. The largest absolute Gasteiger partial charge is 0.404 e. The van der Waals surface area contributed by atoms with E-state index in [0.29, 0.717) is 29.7 Å². The minimum Gasteiger partial charge on any atom is -0.390 e. The molecule has 1 aromatic heterocycles. The normalized spacial score (nSPS) is 15.8. The summed E-state index contributed by atoms with van der Waals surface area (Å²) in [6.45, 7) is 4.34. The van der Waals surface area contributed by atoms with Crippen molar-refractivity contribution in [1.82, 2.24) is 15.0 Å². The molecule has 7 nitrogen and oxygen atoms in total. The third kappa shape index (κ3) is 6.97. The molecule has 0 saturated heterocycles. The summed E-state index contributed by atoms with van der Waals surface area (Å²) in [6, 6.07) is 7.25. The summed E-state index contributed by atoms with van der Waals surface area (Å²) in [5.74, 6) is 0.0788. The van der Waals surface area contributed by atoms with Crippen LogP contribution in [-0.4, -0.2) is 48.8 Å². The van der Waals surface area contributed by atoms with Crippen LogP contribution in [0.25, 0.3) is 21.2 Å². The minimum absolute atomic E-state index is 0.257. The van der Waals surface area contributed by atoms with Crippen molar-refractivity contribution in [3.05, 3.63) is 47.1 Å². The predicted molar refractivity (Wildman–Crippen MR) is 145 cm³/mol. The first-order valence-electron chi connectivity index (χ1n) is 12.8. The zero-order valence-electron chi connectivity index (χ0n) is 21.9. The maximum absolute atomic E-state index is 13.1. The number of carbonyl (C=O) groups excluding carboxylic acids is 1. The lowest BCUT2D eigenvalue weighted by Gasteiger charge is -2.24. The number of benzene rings is 2. The van der Waals surface area contributed by atoms with Crippen LogP contribution in [0.15, 0.2) is 41.3 Å². The van der Waals surface area contributed by atoms with Gasteiger partial charge in [-0.3, -0.25) is 4.79 Å². The Bertz CT molecular complexity index is 1460. The predicted octanol–water partition coefficient (Wildman–Crippen LogP) is 5.43. The number of aliphatic hydroxyl groups is 1. The molecule has 0 radical (unpaired) electrons. The molecule has 4 rings (SSSR count). The smallest absolute Gasteiger partial charge is 0.390 e. The fourth-order valence-electron chi connectivity index (χ4n) is 4.39. The molecule has 3 N–H and O–H groups in total. The number of nitrogens with one attached hydrogen (secondary N) is 2. The Morgan fingerprint density at radius 1 is 1.15 bits per heavy atom. The van der Waals surface area contributed by atoms with Gasteiger partial charge in [0, 0.05) is 17.5 Å². The van der Waals surface area contributed by atoms with Crippen molar-refractivity contribution in [1.29, 1.82) is 0 Å². The number of aromatic nitrogens is 1. The lowest BCUT2D eigenvalue weighted by atomic mass is 9.81. The average molecular weight is 584 g/mol. The molecule has 1 heterocycles. The highest BCUT2D eigenvalue weighted by Crippen LogP contribution is 2.40. The molecule has 212 valence electrons. The van der Waals surface area contributed by atoms with Crippen LogP contribution in [0.3, 0.4) is 0 Å². The van der Waals surface area contributed by atoms with E-state index in [4.69, 9.17) is 0 Å². The molecule has 1 atom stereocenters. The Balaban J connectivity index is 1.74. The Kier molecular flexibility index (Phi) is 8.42. The van der Waals surface area contributed by atoms with Crippen molar-refractivity contribution < 1.29 is 31.5 Å². The van der Waals surface area contributed by atoms with Crippen molar-refractivity contribution in [2.45, 2.75) is 75.6 Å². The van der Waals surface area contributed by atoms with Gasteiger partial charge >= 0.3 is 6.18 Å². The van der Waals surface area contributed by atoms with Crippen LogP contribution in [0.4, 0.5) is 13.2 Å². The summed E-state index contributed by atoms with van der Waals surface area (Å²) in [5.41, 5.74) is 0.475. The number of rotatable bonds is 10. The fourth-order valence-corrected chi connectivity index (χ4v) is 6.88. The number of halogens is 3. The van der Waals surface area contributed by atoms with E-state index in [-0.39, 0.29) is 27.7 Å². The molecular weight excluding hydrogens is 551 g/mol. The Morgan fingerprint density at radius 3 is 2.41 bits per heavy atom. The molecule has 0 bridgehead atoms. The Hall–Kier alpha value is -2.54. The molecule has 39 heavy (non-hydrogen) atoms. The van der Waals surface area contributed by atoms with Gasteiger partial charge < -0.3 is 10.4 Å². The summed E-state index contributed by atoms with van der Waals surface area (Å²) in [4.78, 5) is 18.0. The number of fused-ring (bicyclic) bond motifs is 1. The van der Waals surface area contributed by atoms with E-state index in [1.807, 2.05) is 0 Å². The number of sulfonamides is 1. The zero-order chi connectivity index (χ0) is 28.6. The van der Waals surface area contributed by atoms with Gasteiger partial charge in [-0.05, 0) is 51.0 Å². The number of alkyl halides is 3. The van der Waals surface area contributed by atoms with Crippen LogP contribution in [0.2, 0.25) is 0 Å². The highest BCUT2D eigenvalue weighted by molar-refractivity contribution is 7.89.